The third-order valence-corrected chi connectivity index (χ3v) is 5.59. The number of benzene rings is 2. The molecule has 0 fully saturated rings. The van der Waals surface area contributed by atoms with Crippen LogP contribution in [0.3, 0.4) is 0 Å². The molecule has 0 saturated heterocycles. The molecule has 0 aliphatic heterocycles. The second kappa shape index (κ2) is 8.80. The quantitative estimate of drug-likeness (QED) is 0.278. The van der Waals surface area contributed by atoms with E-state index >= 15 is 0 Å². The van der Waals surface area contributed by atoms with Crippen LogP contribution in [0.4, 0.5) is 17.2 Å². The van der Waals surface area contributed by atoms with Crippen molar-refractivity contribution < 1.29 is 9.53 Å². The number of nitrogens with one attached hydrogen (secondary N) is 4. The number of methoxy groups -OCH3 is 1. The molecule has 6 aromatic rings. The number of fused-ring (bicyclic) bond motifs is 2. The fourth-order valence-corrected chi connectivity index (χ4v) is 3.84. The van der Waals surface area contributed by atoms with Gasteiger partial charge in [-0.05, 0) is 36.4 Å². The minimum atomic E-state index is -0.278. The minimum absolute atomic E-state index is 0.278. The molecule has 11 nitrogen and oxygen atoms in total. The van der Waals surface area contributed by atoms with Gasteiger partial charge in [0.2, 0.25) is 5.88 Å². The van der Waals surface area contributed by atoms with E-state index in [0.717, 1.165) is 33.1 Å². The molecule has 0 aliphatic carbocycles. The molecule has 11 heteroatoms. The molecule has 4 heterocycles. The Labute approximate surface area is 204 Å². The average molecular weight is 477 g/mol. The highest BCUT2D eigenvalue weighted by Gasteiger charge is 2.13. The Morgan fingerprint density at radius 1 is 0.889 bits per heavy atom. The molecule has 4 N–H and O–H groups in total. The third kappa shape index (κ3) is 4.16. The van der Waals surface area contributed by atoms with Crippen molar-refractivity contribution in [3.05, 3.63) is 78.9 Å². The number of amides is 1. The third-order valence-electron chi connectivity index (χ3n) is 5.59. The van der Waals surface area contributed by atoms with Crippen LogP contribution >= 0.6 is 0 Å². The highest BCUT2D eigenvalue weighted by molar-refractivity contribution is 6.06. The molecule has 1 amide bonds. The highest BCUT2D eigenvalue weighted by atomic mass is 16.5. The second-order valence-corrected chi connectivity index (χ2v) is 7.99. The van der Waals surface area contributed by atoms with Gasteiger partial charge >= 0.3 is 0 Å². The van der Waals surface area contributed by atoms with Gasteiger partial charge in [-0.25, -0.2) is 4.98 Å². The van der Waals surface area contributed by atoms with Gasteiger partial charge in [-0.15, -0.1) is 0 Å². The van der Waals surface area contributed by atoms with Crippen LogP contribution in [0.25, 0.3) is 33.2 Å². The summed E-state index contributed by atoms with van der Waals surface area (Å²) in [7, 11) is 1.56. The number of rotatable bonds is 6. The summed E-state index contributed by atoms with van der Waals surface area (Å²) < 4.78 is 5.42. The number of aromatic amines is 2. The van der Waals surface area contributed by atoms with Crippen molar-refractivity contribution >= 4 is 44.9 Å². The van der Waals surface area contributed by atoms with Gasteiger partial charge in [0.05, 0.1) is 36.9 Å². The predicted molar refractivity (Wildman–Crippen MR) is 135 cm³/mol. The van der Waals surface area contributed by atoms with E-state index in [1.165, 1.54) is 12.4 Å². The van der Waals surface area contributed by atoms with E-state index in [0.29, 0.717) is 28.9 Å². The van der Waals surface area contributed by atoms with E-state index in [2.05, 4.69) is 46.0 Å². The van der Waals surface area contributed by atoms with Crippen LogP contribution in [0.1, 0.15) is 10.5 Å². The van der Waals surface area contributed by atoms with Crippen molar-refractivity contribution in [2.45, 2.75) is 0 Å². The van der Waals surface area contributed by atoms with Gasteiger partial charge in [-0.2, -0.15) is 20.3 Å². The normalized spacial score (nSPS) is 11.0. The van der Waals surface area contributed by atoms with E-state index in [-0.39, 0.29) is 5.91 Å². The number of nitrogens with zero attached hydrogens (tertiary/aromatic N) is 5. The highest BCUT2D eigenvalue weighted by Crippen LogP contribution is 2.27. The van der Waals surface area contributed by atoms with Crippen LogP contribution in [-0.2, 0) is 0 Å². The fraction of sp³-hybridized carbons (Fsp3) is 0.0400. The lowest BCUT2D eigenvalue weighted by molar-refractivity contribution is 0.102. The van der Waals surface area contributed by atoms with Crippen molar-refractivity contribution in [2.75, 3.05) is 17.7 Å². The zero-order chi connectivity index (χ0) is 24.5. The lowest BCUT2D eigenvalue weighted by Gasteiger charge is -2.10. The van der Waals surface area contributed by atoms with Crippen molar-refractivity contribution in [3.8, 4) is 17.3 Å². The Morgan fingerprint density at radius 2 is 1.83 bits per heavy atom. The molecular weight excluding hydrogens is 458 g/mol. The number of anilines is 3. The van der Waals surface area contributed by atoms with Crippen molar-refractivity contribution in [2.24, 2.45) is 0 Å². The second-order valence-electron chi connectivity index (χ2n) is 7.99. The standard InChI is InChI=1S/C25H19N9O2/c1-36-23-11-22(29-17-4-5-19-16(8-17)12-28-34-19)32-24(33-23)15-3-2-14-9-21(31-20(14)10-15)25(35)30-18-6-7-26-27-13-18/h2-13,31H,1H3,(H,28,34)(H,26,30,35)(H,29,32,33). The molecule has 6 rings (SSSR count). The summed E-state index contributed by atoms with van der Waals surface area (Å²) in [5, 5.41) is 22.4. The number of H-pyrrole nitrogens is 2. The first-order valence-corrected chi connectivity index (χ1v) is 11.0. The summed E-state index contributed by atoms with van der Waals surface area (Å²) in [6.45, 7) is 0. The number of carbonyl (C=O) groups is 1. The Bertz CT molecular complexity index is 1710. The zero-order valence-electron chi connectivity index (χ0n) is 19.0. The first-order valence-electron chi connectivity index (χ1n) is 11.0. The monoisotopic (exact) mass is 477 g/mol. The first-order chi connectivity index (χ1) is 17.6. The molecule has 2 aromatic carbocycles. The zero-order valence-corrected chi connectivity index (χ0v) is 19.0. The van der Waals surface area contributed by atoms with E-state index in [4.69, 9.17) is 4.74 Å². The largest absolute Gasteiger partial charge is 0.481 e. The Kier molecular flexibility index (Phi) is 5.19. The SMILES string of the molecule is COc1cc(Nc2ccc3[nH]ncc3c2)nc(-c2ccc3cc(C(=O)Nc4ccnnc4)[nH]c3c2)n1. The van der Waals surface area contributed by atoms with E-state index in [1.807, 2.05) is 36.4 Å². The van der Waals surface area contributed by atoms with Gasteiger partial charge in [0, 0.05) is 33.6 Å². The van der Waals surface area contributed by atoms with Gasteiger partial charge in [-0.3, -0.25) is 9.89 Å². The molecular formula is C25H19N9O2. The molecule has 176 valence electrons. The topological polar surface area (TPSA) is 146 Å². The maximum atomic E-state index is 12.7. The van der Waals surface area contributed by atoms with Gasteiger partial charge in [0.15, 0.2) is 5.82 Å². The van der Waals surface area contributed by atoms with Crippen LogP contribution in [-0.4, -0.2) is 48.4 Å². The van der Waals surface area contributed by atoms with Crippen molar-refractivity contribution in [1.29, 1.82) is 0 Å². The van der Waals surface area contributed by atoms with Gasteiger partial charge in [-0.1, -0.05) is 12.1 Å². The Hall–Kier alpha value is -5.32. The van der Waals surface area contributed by atoms with E-state index in [1.54, 1.807) is 31.5 Å². The van der Waals surface area contributed by atoms with Gasteiger partial charge in [0.1, 0.15) is 11.5 Å². The minimum Gasteiger partial charge on any atom is -0.481 e. The lowest BCUT2D eigenvalue weighted by Crippen LogP contribution is -2.12. The average Bonchev–Trinajstić information content (AvgIpc) is 3.55. The van der Waals surface area contributed by atoms with E-state index in [9.17, 15) is 4.79 Å². The summed E-state index contributed by atoms with van der Waals surface area (Å²) in [4.78, 5) is 25.0. The van der Waals surface area contributed by atoms with Gasteiger partial charge in [0.25, 0.3) is 5.91 Å². The van der Waals surface area contributed by atoms with Crippen LogP contribution in [0.15, 0.2) is 73.2 Å². The molecule has 0 atom stereocenters. The summed E-state index contributed by atoms with van der Waals surface area (Å²) in [6, 6.07) is 16.8. The number of hydrogen-bond acceptors (Lipinski definition) is 8. The smallest absolute Gasteiger partial charge is 0.272 e. The first kappa shape index (κ1) is 21.2. The summed E-state index contributed by atoms with van der Waals surface area (Å²) in [5.74, 6) is 1.20. The molecule has 0 spiro atoms. The van der Waals surface area contributed by atoms with Gasteiger partial charge < -0.3 is 20.4 Å². The van der Waals surface area contributed by atoms with Crippen molar-refractivity contribution in [3.63, 3.8) is 0 Å². The van der Waals surface area contributed by atoms with Crippen LogP contribution in [0.5, 0.6) is 5.88 Å². The predicted octanol–water partition coefficient (Wildman–Crippen LogP) is 4.30. The Morgan fingerprint density at radius 3 is 2.69 bits per heavy atom. The maximum absolute atomic E-state index is 12.7. The lowest BCUT2D eigenvalue weighted by atomic mass is 10.1. The summed E-state index contributed by atoms with van der Waals surface area (Å²) >= 11 is 0. The number of aromatic nitrogens is 7. The molecule has 0 unspecified atom stereocenters. The maximum Gasteiger partial charge on any atom is 0.272 e. The molecule has 0 aliphatic rings. The number of hydrogen-bond donors (Lipinski definition) is 4. The van der Waals surface area contributed by atoms with Crippen LogP contribution in [0.2, 0.25) is 0 Å². The fourth-order valence-electron chi connectivity index (χ4n) is 3.84. The van der Waals surface area contributed by atoms with Crippen LogP contribution < -0.4 is 15.4 Å². The molecule has 36 heavy (non-hydrogen) atoms. The van der Waals surface area contributed by atoms with Crippen molar-refractivity contribution in [1.82, 2.24) is 35.3 Å². The summed E-state index contributed by atoms with van der Waals surface area (Å²) in [6.07, 6.45) is 4.76. The summed E-state index contributed by atoms with van der Waals surface area (Å²) in [5.41, 5.74) is 4.33. The molecule has 0 radical (unpaired) electrons. The Balaban J connectivity index is 1.30. The number of ether oxygens (including phenoxy) is 1. The number of carbonyl (C=O) groups excluding carboxylic acids is 1. The molecule has 4 aromatic heterocycles. The molecule has 0 bridgehead atoms. The van der Waals surface area contributed by atoms with Crippen LogP contribution in [0, 0.1) is 0 Å². The van der Waals surface area contributed by atoms with E-state index < -0.39 is 0 Å². The molecule has 0 saturated carbocycles.